The Morgan fingerprint density at radius 1 is 1.13 bits per heavy atom. The molecule has 0 saturated carbocycles. The Kier molecular flexibility index (Phi) is 5.50. The van der Waals surface area contributed by atoms with Gasteiger partial charge in [0, 0.05) is 46.9 Å². The van der Waals surface area contributed by atoms with Gasteiger partial charge in [-0.2, -0.15) is 0 Å². The summed E-state index contributed by atoms with van der Waals surface area (Å²) in [7, 11) is 0. The van der Waals surface area contributed by atoms with Crippen molar-refractivity contribution in [3.8, 4) is 0 Å². The van der Waals surface area contributed by atoms with Crippen molar-refractivity contribution in [2.75, 3.05) is 11.9 Å². The molecule has 0 spiro atoms. The number of nitrogens with one attached hydrogen (secondary N) is 1. The largest absolute Gasteiger partial charge is 0.340 e. The van der Waals surface area contributed by atoms with Crippen LogP contribution in [0.15, 0.2) is 47.3 Å². The first-order valence-electron chi connectivity index (χ1n) is 9.71. The van der Waals surface area contributed by atoms with E-state index in [1.807, 2.05) is 49.1 Å². The lowest BCUT2D eigenvalue weighted by Gasteiger charge is -2.26. The number of aromatic nitrogens is 2. The fraction of sp³-hybridized carbons (Fsp3) is 0.273. The Hall–Kier alpha value is -3.26. The van der Waals surface area contributed by atoms with E-state index in [1.54, 1.807) is 4.57 Å². The topological polar surface area (TPSA) is 84.3 Å². The van der Waals surface area contributed by atoms with Crippen LogP contribution in [0.2, 0.25) is 0 Å². The number of carbonyl (C=O) groups excluding carboxylic acids is 2. The maximum Gasteiger partial charge on any atom is 0.254 e. The Bertz CT molecular complexity index is 1140. The molecule has 30 heavy (non-hydrogen) atoms. The van der Waals surface area contributed by atoms with E-state index in [-0.39, 0.29) is 23.8 Å². The number of rotatable bonds is 4. The van der Waals surface area contributed by atoms with Crippen LogP contribution in [-0.2, 0) is 24.3 Å². The third kappa shape index (κ3) is 4.18. The van der Waals surface area contributed by atoms with Crippen molar-refractivity contribution in [2.24, 2.45) is 0 Å². The summed E-state index contributed by atoms with van der Waals surface area (Å²) in [6.45, 7) is 4.83. The average molecular weight is 423 g/mol. The van der Waals surface area contributed by atoms with Crippen molar-refractivity contribution in [3.63, 3.8) is 0 Å². The van der Waals surface area contributed by atoms with Gasteiger partial charge in [-0.25, -0.2) is 4.98 Å². The lowest BCUT2D eigenvalue weighted by atomic mass is 10.1. The van der Waals surface area contributed by atoms with E-state index in [2.05, 4.69) is 10.3 Å². The summed E-state index contributed by atoms with van der Waals surface area (Å²) >= 11 is 1.41. The quantitative estimate of drug-likeness (QED) is 0.701. The maximum atomic E-state index is 12.7. The molecular weight excluding hydrogens is 400 g/mol. The number of pyridine rings is 1. The van der Waals surface area contributed by atoms with Gasteiger partial charge in [-0.15, -0.1) is 0 Å². The van der Waals surface area contributed by atoms with Crippen LogP contribution in [0, 0.1) is 13.8 Å². The van der Waals surface area contributed by atoms with Gasteiger partial charge in [0.2, 0.25) is 5.91 Å². The monoisotopic (exact) mass is 422 g/mol. The number of anilines is 1. The second kappa shape index (κ2) is 8.23. The molecule has 0 bridgehead atoms. The van der Waals surface area contributed by atoms with E-state index < -0.39 is 0 Å². The number of nitrogens with zero attached hydrogens (tertiary/aromatic N) is 3. The third-order valence-electron chi connectivity index (χ3n) is 5.14. The summed E-state index contributed by atoms with van der Waals surface area (Å²) in [6, 6.07) is 12.3. The molecule has 3 aromatic rings. The molecule has 154 valence electrons. The van der Waals surface area contributed by atoms with Crippen LogP contribution in [0.25, 0.3) is 0 Å². The Balaban J connectivity index is 1.44. The summed E-state index contributed by atoms with van der Waals surface area (Å²) in [5.41, 5.74) is 3.02. The van der Waals surface area contributed by atoms with Gasteiger partial charge >= 0.3 is 0 Å². The lowest BCUT2D eigenvalue weighted by molar-refractivity contribution is -0.116. The number of amides is 2. The Morgan fingerprint density at radius 2 is 1.83 bits per heavy atom. The zero-order valence-electron chi connectivity index (χ0n) is 16.8. The molecule has 2 amide bonds. The highest BCUT2D eigenvalue weighted by molar-refractivity contribution is 7.15. The molecule has 1 aliphatic rings. The number of hydrogen-bond acceptors (Lipinski definition) is 5. The Labute approximate surface area is 178 Å². The number of fused-ring (bicyclic) bond motifs is 1. The Morgan fingerprint density at radius 3 is 2.53 bits per heavy atom. The minimum absolute atomic E-state index is 0.00408. The van der Waals surface area contributed by atoms with Crippen LogP contribution in [0.5, 0.6) is 0 Å². The predicted octanol–water partition coefficient (Wildman–Crippen LogP) is 2.76. The molecule has 7 nitrogen and oxygen atoms in total. The number of thiazole rings is 1. The molecule has 0 aliphatic carbocycles. The summed E-state index contributed by atoms with van der Waals surface area (Å²) in [4.78, 5) is 44.2. The van der Waals surface area contributed by atoms with E-state index >= 15 is 0 Å². The van der Waals surface area contributed by atoms with Gasteiger partial charge in [0.15, 0.2) is 10.6 Å². The highest BCUT2D eigenvalue weighted by atomic mass is 32.1. The normalized spacial score (nSPS) is 13.1. The van der Waals surface area contributed by atoms with Crippen molar-refractivity contribution in [1.29, 1.82) is 0 Å². The van der Waals surface area contributed by atoms with Crippen molar-refractivity contribution >= 4 is 28.3 Å². The van der Waals surface area contributed by atoms with Crippen LogP contribution in [0.3, 0.4) is 0 Å². The van der Waals surface area contributed by atoms with Gasteiger partial charge in [-0.05, 0) is 26.0 Å². The third-order valence-corrected chi connectivity index (χ3v) is 6.14. The number of benzene rings is 1. The molecule has 2 aromatic heterocycles. The maximum absolute atomic E-state index is 12.7. The van der Waals surface area contributed by atoms with Gasteiger partial charge in [-0.1, -0.05) is 29.5 Å². The van der Waals surface area contributed by atoms with Crippen molar-refractivity contribution in [2.45, 2.75) is 33.4 Å². The molecule has 1 N–H and O–H groups in total. The fourth-order valence-electron chi connectivity index (χ4n) is 3.62. The van der Waals surface area contributed by atoms with E-state index in [4.69, 9.17) is 0 Å². The number of carbonyl (C=O) groups is 2. The lowest BCUT2D eigenvalue weighted by Crippen LogP contribution is -2.35. The summed E-state index contributed by atoms with van der Waals surface area (Å²) in [5, 5.41) is 3.40. The smallest absolute Gasteiger partial charge is 0.254 e. The van der Waals surface area contributed by atoms with Gasteiger partial charge < -0.3 is 14.8 Å². The molecule has 0 radical (unpaired) electrons. The minimum atomic E-state index is -0.201. The van der Waals surface area contributed by atoms with Crippen molar-refractivity contribution in [1.82, 2.24) is 14.5 Å². The second-order valence-corrected chi connectivity index (χ2v) is 8.42. The zero-order valence-corrected chi connectivity index (χ0v) is 17.7. The van der Waals surface area contributed by atoms with Crippen LogP contribution in [0.1, 0.15) is 32.3 Å². The van der Waals surface area contributed by atoms with E-state index in [0.29, 0.717) is 30.2 Å². The van der Waals surface area contributed by atoms with E-state index in [0.717, 1.165) is 22.0 Å². The van der Waals surface area contributed by atoms with E-state index in [9.17, 15) is 14.4 Å². The van der Waals surface area contributed by atoms with Gasteiger partial charge in [-0.3, -0.25) is 14.4 Å². The van der Waals surface area contributed by atoms with Crippen molar-refractivity contribution < 1.29 is 9.59 Å². The van der Waals surface area contributed by atoms with Crippen molar-refractivity contribution in [3.05, 3.63) is 80.2 Å². The highest BCUT2D eigenvalue weighted by Gasteiger charge is 2.25. The number of aryl methyl sites for hydroxylation is 2. The van der Waals surface area contributed by atoms with Gasteiger partial charge in [0.25, 0.3) is 5.91 Å². The number of hydrogen-bond donors (Lipinski definition) is 1. The molecule has 0 fully saturated rings. The predicted molar refractivity (Wildman–Crippen MR) is 116 cm³/mol. The SMILES string of the molecule is Cc1cc(=O)cc(C)n1CC(=O)Nc1nc2c(s1)CN(C(=O)c1ccccc1)CC2. The summed E-state index contributed by atoms with van der Waals surface area (Å²) in [6.07, 6.45) is 0.665. The van der Waals surface area contributed by atoms with Gasteiger partial charge in [0.1, 0.15) is 6.54 Å². The van der Waals surface area contributed by atoms with Gasteiger partial charge in [0.05, 0.1) is 12.2 Å². The first-order valence-corrected chi connectivity index (χ1v) is 10.5. The summed E-state index contributed by atoms with van der Waals surface area (Å²) in [5.74, 6) is -0.197. The van der Waals surface area contributed by atoms with Crippen LogP contribution < -0.4 is 10.7 Å². The molecule has 1 aliphatic heterocycles. The molecule has 0 unspecified atom stereocenters. The molecule has 3 heterocycles. The fourth-order valence-corrected chi connectivity index (χ4v) is 4.66. The van der Waals surface area contributed by atoms with Crippen LogP contribution >= 0.6 is 11.3 Å². The molecule has 0 atom stereocenters. The highest BCUT2D eigenvalue weighted by Crippen LogP contribution is 2.29. The van der Waals surface area contributed by atoms with Crippen LogP contribution in [-0.4, -0.2) is 32.8 Å². The first-order chi connectivity index (χ1) is 14.4. The minimum Gasteiger partial charge on any atom is -0.340 e. The zero-order chi connectivity index (χ0) is 21.3. The second-order valence-electron chi connectivity index (χ2n) is 7.34. The first kappa shape index (κ1) is 20.0. The standard InChI is InChI=1S/C22H22N4O3S/c1-14-10-17(27)11-15(2)26(14)13-20(28)24-22-23-18-8-9-25(12-19(18)30-22)21(29)16-6-4-3-5-7-16/h3-7,10-11H,8-9,12-13H2,1-2H3,(H,23,24,28). The van der Waals surface area contributed by atoms with E-state index in [1.165, 1.54) is 23.5 Å². The molecule has 1 aromatic carbocycles. The molecule has 4 rings (SSSR count). The molecular formula is C22H22N4O3S. The average Bonchev–Trinajstić information content (AvgIpc) is 3.12. The molecule has 8 heteroatoms. The van der Waals surface area contributed by atoms with Crippen LogP contribution in [0.4, 0.5) is 5.13 Å². The molecule has 0 saturated heterocycles. The summed E-state index contributed by atoms with van der Waals surface area (Å²) < 4.78 is 1.80.